The molecular weight excluding hydrogens is 308 g/mol. The Bertz CT molecular complexity index is 697. The van der Waals surface area contributed by atoms with Crippen LogP contribution in [0.1, 0.15) is 63.0 Å². The van der Waals surface area contributed by atoms with Crippen molar-refractivity contribution in [2.24, 2.45) is 34.5 Å². The van der Waals surface area contributed by atoms with Crippen molar-refractivity contribution in [1.82, 2.24) is 0 Å². The molecule has 0 amide bonds. The summed E-state index contributed by atoms with van der Waals surface area (Å²) in [5, 5.41) is 10.0. The summed E-state index contributed by atoms with van der Waals surface area (Å²) in [6.07, 6.45) is 7.83. The van der Waals surface area contributed by atoms with Crippen LogP contribution in [0, 0.1) is 34.5 Å². The zero-order valence-corrected chi connectivity index (χ0v) is 15.9. The number of ether oxygens (including phenoxy) is 1. The summed E-state index contributed by atoms with van der Waals surface area (Å²) in [5.41, 5.74) is 4.07. The van der Waals surface area contributed by atoms with Gasteiger partial charge in [-0.3, -0.25) is 0 Å². The molecule has 3 saturated carbocycles. The summed E-state index contributed by atoms with van der Waals surface area (Å²) in [6, 6.07) is 6.84. The zero-order valence-electron chi connectivity index (χ0n) is 15.9. The van der Waals surface area contributed by atoms with Crippen molar-refractivity contribution in [2.45, 2.75) is 58.3 Å². The van der Waals surface area contributed by atoms with Gasteiger partial charge in [0.2, 0.25) is 0 Å². The fourth-order valence-corrected chi connectivity index (χ4v) is 7.97. The molecule has 0 aliphatic heterocycles. The van der Waals surface area contributed by atoms with E-state index in [1.165, 1.54) is 38.5 Å². The third kappa shape index (κ3) is 1.85. The smallest absolute Gasteiger partial charge is 0.119 e. The number of rotatable bonds is 3. The fraction of sp³-hybridized carbons (Fsp3) is 0.739. The Kier molecular flexibility index (Phi) is 3.40. The van der Waals surface area contributed by atoms with E-state index in [0.29, 0.717) is 23.4 Å². The lowest BCUT2D eigenvalue weighted by molar-refractivity contribution is -0.0483. The molecule has 0 heterocycles. The molecule has 0 radical (unpaired) electrons. The molecule has 4 aliphatic rings. The van der Waals surface area contributed by atoms with Gasteiger partial charge in [-0.2, -0.15) is 0 Å². The Hall–Kier alpha value is -1.02. The number of aliphatic hydroxyl groups excluding tert-OH is 1. The van der Waals surface area contributed by atoms with Gasteiger partial charge in [-0.1, -0.05) is 26.3 Å². The van der Waals surface area contributed by atoms with Crippen LogP contribution in [0.15, 0.2) is 18.2 Å². The molecule has 25 heavy (non-hydrogen) atoms. The molecule has 0 unspecified atom stereocenters. The second-order valence-corrected chi connectivity index (χ2v) is 9.58. The van der Waals surface area contributed by atoms with Crippen LogP contribution in [0.25, 0.3) is 0 Å². The molecule has 5 rings (SSSR count). The maximum atomic E-state index is 10.0. The van der Waals surface area contributed by atoms with Crippen molar-refractivity contribution in [3.63, 3.8) is 0 Å². The highest BCUT2D eigenvalue weighted by molar-refractivity contribution is 5.43. The largest absolute Gasteiger partial charge is 0.497 e. The van der Waals surface area contributed by atoms with Gasteiger partial charge in [0.15, 0.2) is 0 Å². The van der Waals surface area contributed by atoms with Crippen LogP contribution in [0.3, 0.4) is 0 Å². The molecule has 0 bridgehead atoms. The maximum Gasteiger partial charge on any atom is 0.119 e. The molecule has 0 saturated heterocycles. The number of aliphatic hydroxyl groups is 1. The molecule has 2 heteroatoms. The van der Waals surface area contributed by atoms with Crippen molar-refractivity contribution in [3.8, 4) is 5.75 Å². The highest BCUT2D eigenvalue weighted by Gasteiger charge is 2.77. The minimum atomic E-state index is 0.380. The standard InChI is InChI=1S/C23H32O2/c1-4-14-9-15-10-18(25-3)5-6-19(15)20-7-8-22(2)17(13-24)11-16-12-23(16,22)21(14)20/h5-6,10,14,16-17,20-21,24H,4,7-9,11-13H2,1-3H3/t14-,16+,17+,20-,21-,22-,23-/m1/s1. The second-order valence-electron chi connectivity index (χ2n) is 9.58. The van der Waals surface area contributed by atoms with Gasteiger partial charge in [0, 0.05) is 6.61 Å². The molecule has 1 aromatic carbocycles. The quantitative estimate of drug-likeness (QED) is 0.857. The summed E-state index contributed by atoms with van der Waals surface area (Å²) >= 11 is 0. The molecule has 4 aliphatic carbocycles. The Balaban J connectivity index is 1.60. The van der Waals surface area contributed by atoms with E-state index in [0.717, 1.165) is 29.4 Å². The maximum absolute atomic E-state index is 10.0. The van der Waals surface area contributed by atoms with Gasteiger partial charge in [0.1, 0.15) is 5.75 Å². The third-order valence-electron chi connectivity index (χ3n) is 9.17. The van der Waals surface area contributed by atoms with E-state index in [1.807, 2.05) is 0 Å². The Morgan fingerprint density at radius 3 is 2.88 bits per heavy atom. The average molecular weight is 341 g/mol. The number of methoxy groups -OCH3 is 1. The molecule has 1 aromatic rings. The Labute approximate surface area is 152 Å². The minimum Gasteiger partial charge on any atom is -0.497 e. The van der Waals surface area contributed by atoms with Gasteiger partial charge >= 0.3 is 0 Å². The van der Waals surface area contributed by atoms with Crippen LogP contribution in [0.4, 0.5) is 0 Å². The third-order valence-corrected chi connectivity index (χ3v) is 9.17. The van der Waals surface area contributed by atoms with Crippen LogP contribution in [-0.4, -0.2) is 18.8 Å². The van der Waals surface area contributed by atoms with Crippen molar-refractivity contribution in [1.29, 1.82) is 0 Å². The predicted octanol–water partition coefficient (Wildman–Crippen LogP) is 4.80. The number of hydrogen-bond donors (Lipinski definition) is 1. The van der Waals surface area contributed by atoms with Crippen molar-refractivity contribution < 1.29 is 9.84 Å². The number of fused-ring (bicyclic) bond motifs is 3. The molecule has 0 aromatic heterocycles. The number of benzene rings is 1. The highest BCUT2D eigenvalue weighted by atomic mass is 16.5. The van der Waals surface area contributed by atoms with E-state index in [1.54, 1.807) is 18.2 Å². The van der Waals surface area contributed by atoms with E-state index in [4.69, 9.17) is 4.74 Å². The van der Waals surface area contributed by atoms with E-state index in [9.17, 15) is 5.11 Å². The Morgan fingerprint density at radius 1 is 1.32 bits per heavy atom. The molecule has 1 spiro atoms. The summed E-state index contributed by atoms with van der Waals surface area (Å²) in [6.45, 7) is 5.33. The SMILES string of the molecule is CC[C@@H]1Cc2cc(OC)ccc2[C@H]2CC[C@]3(C)[C@H](CO)C[C@H]4C[C@]43[C@H]12. The number of hydrogen-bond acceptors (Lipinski definition) is 2. The first-order valence-corrected chi connectivity index (χ1v) is 10.4. The van der Waals surface area contributed by atoms with Crippen LogP contribution in [0.2, 0.25) is 0 Å². The Morgan fingerprint density at radius 2 is 2.16 bits per heavy atom. The molecule has 1 N–H and O–H groups in total. The zero-order chi connectivity index (χ0) is 17.4. The normalized spacial score (nSPS) is 46.6. The van der Waals surface area contributed by atoms with Gasteiger partial charge in [0.25, 0.3) is 0 Å². The van der Waals surface area contributed by atoms with E-state index in [-0.39, 0.29) is 0 Å². The van der Waals surface area contributed by atoms with Crippen LogP contribution < -0.4 is 4.74 Å². The van der Waals surface area contributed by atoms with Crippen LogP contribution in [0.5, 0.6) is 5.75 Å². The van der Waals surface area contributed by atoms with E-state index >= 15 is 0 Å². The monoisotopic (exact) mass is 340 g/mol. The average Bonchev–Trinajstić information content (AvgIpc) is 3.30. The van der Waals surface area contributed by atoms with Crippen LogP contribution >= 0.6 is 0 Å². The van der Waals surface area contributed by atoms with Gasteiger partial charge in [-0.05, 0) is 95.8 Å². The summed E-state index contributed by atoms with van der Waals surface area (Å²) in [7, 11) is 1.78. The molecule has 136 valence electrons. The van der Waals surface area contributed by atoms with Crippen LogP contribution in [-0.2, 0) is 6.42 Å². The lowest BCUT2D eigenvalue weighted by Gasteiger charge is -2.56. The van der Waals surface area contributed by atoms with Gasteiger partial charge in [-0.25, -0.2) is 0 Å². The topological polar surface area (TPSA) is 29.5 Å². The first kappa shape index (κ1) is 16.2. The molecule has 7 atom stereocenters. The second kappa shape index (κ2) is 5.25. The van der Waals surface area contributed by atoms with E-state index < -0.39 is 0 Å². The lowest BCUT2D eigenvalue weighted by Crippen LogP contribution is -2.49. The lowest BCUT2D eigenvalue weighted by atomic mass is 9.48. The summed E-state index contributed by atoms with van der Waals surface area (Å²) < 4.78 is 5.50. The fourth-order valence-electron chi connectivity index (χ4n) is 7.97. The van der Waals surface area contributed by atoms with Gasteiger partial charge < -0.3 is 9.84 Å². The summed E-state index contributed by atoms with van der Waals surface area (Å²) in [5.74, 6) is 4.80. The minimum absolute atomic E-state index is 0.380. The highest BCUT2D eigenvalue weighted by Crippen LogP contribution is 2.83. The first-order valence-electron chi connectivity index (χ1n) is 10.4. The van der Waals surface area contributed by atoms with Crippen molar-refractivity contribution in [2.75, 3.05) is 13.7 Å². The molecule has 3 fully saturated rings. The summed E-state index contributed by atoms with van der Waals surface area (Å²) in [4.78, 5) is 0. The molecule has 2 nitrogen and oxygen atoms in total. The first-order chi connectivity index (χ1) is 12.1. The van der Waals surface area contributed by atoms with Crippen molar-refractivity contribution in [3.05, 3.63) is 29.3 Å². The molecular formula is C23H32O2. The predicted molar refractivity (Wildman–Crippen MR) is 99.8 cm³/mol. The van der Waals surface area contributed by atoms with Gasteiger partial charge in [0.05, 0.1) is 7.11 Å². The van der Waals surface area contributed by atoms with Crippen molar-refractivity contribution >= 4 is 0 Å². The van der Waals surface area contributed by atoms with Gasteiger partial charge in [-0.15, -0.1) is 0 Å². The van der Waals surface area contributed by atoms with E-state index in [2.05, 4.69) is 32.0 Å².